The van der Waals surface area contributed by atoms with Gasteiger partial charge in [-0.3, -0.25) is 9.69 Å². The fourth-order valence-corrected chi connectivity index (χ4v) is 3.32. The van der Waals surface area contributed by atoms with Crippen molar-refractivity contribution >= 4 is 5.91 Å². The van der Waals surface area contributed by atoms with Crippen LogP contribution in [0.15, 0.2) is 41.0 Å². The average Bonchev–Trinajstić information content (AvgIpc) is 3.25. The molecule has 3 rings (SSSR count). The molecule has 1 unspecified atom stereocenters. The Morgan fingerprint density at radius 1 is 1.21 bits per heavy atom. The van der Waals surface area contributed by atoms with Crippen molar-refractivity contribution < 1.29 is 9.21 Å². The molecule has 128 valence electrons. The minimum absolute atomic E-state index is 0.0639. The highest BCUT2D eigenvalue weighted by molar-refractivity contribution is 5.78. The first kappa shape index (κ1) is 16.8. The van der Waals surface area contributed by atoms with E-state index < -0.39 is 0 Å². The second-order valence-electron chi connectivity index (χ2n) is 6.67. The van der Waals surface area contributed by atoms with Crippen LogP contribution < -0.4 is 5.32 Å². The maximum atomic E-state index is 12.3. The van der Waals surface area contributed by atoms with Gasteiger partial charge in [0.15, 0.2) is 0 Å². The fraction of sp³-hybridized carbons (Fsp3) is 0.450. The minimum atomic E-state index is 0.0639. The molecule has 0 bridgehead atoms. The molecule has 1 aliphatic rings. The largest absolute Gasteiger partial charge is 0.468 e. The second kappa shape index (κ2) is 7.67. The van der Waals surface area contributed by atoms with Crippen molar-refractivity contribution in [2.24, 2.45) is 0 Å². The molecule has 24 heavy (non-hydrogen) atoms. The number of amides is 1. The molecule has 1 saturated heterocycles. The maximum absolute atomic E-state index is 12.3. The summed E-state index contributed by atoms with van der Waals surface area (Å²) in [7, 11) is 0. The predicted molar refractivity (Wildman–Crippen MR) is 94.9 cm³/mol. The number of carbonyl (C=O) groups excluding carboxylic acids is 1. The molecule has 1 aromatic heterocycles. The molecule has 0 saturated carbocycles. The van der Waals surface area contributed by atoms with Gasteiger partial charge >= 0.3 is 0 Å². The number of benzene rings is 1. The lowest BCUT2D eigenvalue weighted by atomic mass is 10.0. The summed E-state index contributed by atoms with van der Waals surface area (Å²) in [6, 6.07) is 10.2. The molecule has 0 radical (unpaired) electrons. The van der Waals surface area contributed by atoms with Gasteiger partial charge in [-0.1, -0.05) is 18.2 Å². The van der Waals surface area contributed by atoms with Gasteiger partial charge in [-0.15, -0.1) is 0 Å². The van der Waals surface area contributed by atoms with Crippen molar-refractivity contribution in [3.8, 4) is 0 Å². The summed E-state index contributed by atoms with van der Waals surface area (Å²) in [6.07, 6.45) is 4.56. The Balaban J connectivity index is 1.59. The summed E-state index contributed by atoms with van der Waals surface area (Å²) in [5.74, 6) is 0.998. The van der Waals surface area contributed by atoms with Crippen LogP contribution in [0, 0.1) is 13.8 Å². The van der Waals surface area contributed by atoms with E-state index in [0.29, 0.717) is 13.0 Å². The zero-order chi connectivity index (χ0) is 16.9. The van der Waals surface area contributed by atoms with Gasteiger partial charge in [-0.25, -0.2) is 0 Å². The Hall–Kier alpha value is -2.07. The van der Waals surface area contributed by atoms with E-state index in [-0.39, 0.29) is 11.9 Å². The Morgan fingerprint density at radius 3 is 2.67 bits per heavy atom. The van der Waals surface area contributed by atoms with Gasteiger partial charge in [0, 0.05) is 6.54 Å². The van der Waals surface area contributed by atoms with Gasteiger partial charge in [0.2, 0.25) is 5.91 Å². The molecule has 1 N–H and O–H groups in total. The average molecular weight is 326 g/mol. The van der Waals surface area contributed by atoms with Crippen LogP contribution in [0.4, 0.5) is 0 Å². The van der Waals surface area contributed by atoms with E-state index in [4.69, 9.17) is 4.42 Å². The lowest BCUT2D eigenvalue weighted by Crippen LogP contribution is -2.37. The Bertz CT molecular complexity index is 673. The summed E-state index contributed by atoms with van der Waals surface area (Å²) >= 11 is 0. The van der Waals surface area contributed by atoms with Crippen LogP contribution >= 0.6 is 0 Å². The monoisotopic (exact) mass is 326 g/mol. The van der Waals surface area contributed by atoms with Crippen molar-refractivity contribution in [3.63, 3.8) is 0 Å². The van der Waals surface area contributed by atoms with Crippen LogP contribution in [0.3, 0.4) is 0 Å². The Labute approximate surface area is 143 Å². The van der Waals surface area contributed by atoms with Crippen LogP contribution in [0.1, 0.15) is 41.3 Å². The normalized spacial score (nSPS) is 16.2. The topological polar surface area (TPSA) is 45.5 Å². The number of hydrogen-bond donors (Lipinski definition) is 1. The third kappa shape index (κ3) is 4.06. The van der Waals surface area contributed by atoms with E-state index in [2.05, 4.69) is 36.2 Å². The van der Waals surface area contributed by atoms with E-state index in [1.807, 2.05) is 18.2 Å². The van der Waals surface area contributed by atoms with Gasteiger partial charge < -0.3 is 9.73 Å². The molecule has 4 nitrogen and oxygen atoms in total. The minimum Gasteiger partial charge on any atom is -0.468 e. The van der Waals surface area contributed by atoms with Crippen molar-refractivity contribution in [2.75, 3.05) is 19.6 Å². The molecular weight excluding hydrogens is 300 g/mol. The van der Waals surface area contributed by atoms with Crippen molar-refractivity contribution in [3.05, 3.63) is 59.0 Å². The number of carbonyl (C=O) groups is 1. The number of nitrogens with zero attached hydrogens (tertiary/aromatic N) is 1. The molecule has 1 fully saturated rings. The SMILES string of the molecule is Cc1ccc(CC(=O)NCC(c2ccco2)N2CCCC2)cc1C. The Kier molecular flexibility index (Phi) is 5.36. The summed E-state index contributed by atoms with van der Waals surface area (Å²) in [5.41, 5.74) is 3.54. The van der Waals surface area contributed by atoms with Gasteiger partial charge in [0.05, 0.1) is 18.7 Å². The summed E-state index contributed by atoms with van der Waals surface area (Å²) in [6.45, 7) is 6.90. The molecule has 0 aliphatic carbocycles. The molecule has 0 spiro atoms. The maximum Gasteiger partial charge on any atom is 0.224 e. The second-order valence-corrected chi connectivity index (χ2v) is 6.67. The van der Waals surface area contributed by atoms with E-state index >= 15 is 0 Å². The van der Waals surface area contributed by atoms with Gasteiger partial charge in [-0.2, -0.15) is 0 Å². The zero-order valence-corrected chi connectivity index (χ0v) is 14.5. The van der Waals surface area contributed by atoms with Crippen molar-refractivity contribution in [1.29, 1.82) is 0 Å². The zero-order valence-electron chi connectivity index (χ0n) is 14.5. The predicted octanol–water partition coefficient (Wildman–Crippen LogP) is 3.39. The van der Waals surface area contributed by atoms with E-state index in [0.717, 1.165) is 24.4 Å². The van der Waals surface area contributed by atoms with Crippen LogP contribution in [-0.4, -0.2) is 30.4 Å². The molecule has 1 atom stereocenters. The highest BCUT2D eigenvalue weighted by Crippen LogP contribution is 2.24. The molecule has 2 heterocycles. The lowest BCUT2D eigenvalue weighted by molar-refractivity contribution is -0.120. The van der Waals surface area contributed by atoms with Crippen LogP contribution in [0.25, 0.3) is 0 Å². The Morgan fingerprint density at radius 2 is 2.00 bits per heavy atom. The number of furan rings is 1. The first-order valence-electron chi connectivity index (χ1n) is 8.74. The van der Waals surface area contributed by atoms with E-state index in [1.54, 1.807) is 6.26 Å². The third-order valence-electron chi connectivity index (χ3n) is 4.88. The first-order chi connectivity index (χ1) is 11.6. The summed E-state index contributed by atoms with van der Waals surface area (Å²) in [5, 5.41) is 3.09. The molecule has 1 aliphatic heterocycles. The van der Waals surface area contributed by atoms with Gasteiger partial charge in [0.1, 0.15) is 5.76 Å². The quantitative estimate of drug-likeness (QED) is 0.885. The number of hydrogen-bond acceptors (Lipinski definition) is 3. The van der Waals surface area contributed by atoms with E-state index in [1.165, 1.54) is 24.0 Å². The summed E-state index contributed by atoms with van der Waals surface area (Å²) < 4.78 is 5.59. The van der Waals surface area contributed by atoms with Crippen LogP contribution in [0.5, 0.6) is 0 Å². The lowest BCUT2D eigenvalue weighted by Gasteiger charge is -2.26. The smallest absolute Gasteiger partial charge is 0.224 e. The van der Waals surface area contributed by atoms with Gasteiger partial charge in [0.25, 0.3) is 0 Å². The first-order valence-corrected chi connectivity index (χ1v) is 8.74. The van der Waals surface area contributed by atoms with E-state index in [9.17, 15) is 4.79 Å². The number of likely N-dealkylation sites (tertiary alicyclic amines) is 1. The number of rotatable bonds is 6. The number of aryl methyl sites for hydroxylation is 2. The molecule has 1 aromatic carbocycles. The summed E-state index contributed by atoms with van der Waals surface area (Å²) in [4.78, 5) is 14.7. The molecule has 1 amide bonds. The fourth-order valence-electron chi connectivity index (χ4n) is 3.32. The van der Waals surface area contributed by atoms with Crippen LogP contribution in [-0.2, 0) is 11.2 Å². The highest BCUT2D eigenvalue weighted by atomic mass is 16.3. The molecule has 2 aromatic rings. The van der Waals surface area contributed by atoms with Crippen LogP contribution in [0.2, 0.25) is 0 Å². The third-order valence-corrected chi connectivity index (χ3v) is 4.88. The van der Waals surface area contributed by atoms with Gasteiger partial charge in [-0.05, 0) is 68.6 Å². The van der Waals surface area contributed by atoms with Crippen molar-refractivity contribution in [1.82, 2.24) is 10.2 Å². The standard InChI is InChI=1S/C20H26N2O2/c1-15-7-8-17(12-16(15)2)13-20(23)21-14-18(19-6-5-11-24-19)22-9-3-4-10-22/h5-8,11-12,18H,3-4,9-10,13-14H2,1-2H3,(H,21,23). The highest BCUT2D eigenvalue weighted by Gasteiger charge is 2.25. The molecule has 4 heteroatoms. The molecular formula is C20H26N2O2. The number of nitrogens with one attached hydrogen (secondary N) is 1. The van der Waals surface area contributed by atoms with Crippen molar-refractivity contribution in [2.45, 2.75) is 39.2 Å².